The molecule has 0 saturated heterocycles. The van der Waals surface area contributed by atoms with Gasteiger partial charge < -0.3 is 14.6 Å². The number of methoxy groups -OCH3 is 2. The number of hydrogen-bond donors (Lipinski definition) is 1. The zero-order valence-corrected chi connectivity index (χ0v) is 12.7. The van der Waals surface area contributed by atoms with Crippen LogP contribution in [0.3, 0.4) is 0 Å². The predicted octanol–water partition coefficient (Wildman–Crippen LogP) is 2.94. The number of aryl methyl sites for hydroxylation is 1. The molecule has 1 atom stereocenters. The molecule has 0 bridgehead atoms. The first-order valence-corrected chi connectivity index (χ1v) is 7.01. The fraction of sp³-hybridized carbons (Fsp3) is 0.353. The minimum Gasteiger partial charge on any atom is -0.497 e. The monoisotopic (exact) mass is 287 g/mol. The third-order valence-electron chi connectivity index (χ3n) is 3.49. The molecule has 1 aromatic heterocycles. The van der Waals surface area contributed by atoms with E-state index < -0.39 is 6.10 Å². The minimum absolute atomic E-state index is 0.438. The van der Waals surface area contributed by atoms with Gasteiger partial charge in [0.05, 0.1) is 20.3 Å². The second kappa shape index (κ2) is 7.09. The van der Waals surface area contributed by atoms with Gasteiger partial charge in [-0.25, -0.2) is 0 Å². The van der Waals surface area contributed by atoms with Gasteiger partial charge >= 0.3 is 0 Å². The summed E-state index contributed by atoms with van der Waals surface area (Å²) in [5, 5.41) is 10.5. The molecule has 0 saturated carbocycles. The predicted molar refractivity (Wildman–Crippen MR) is 81.8 cm³/mol. The lowest BCUT2D eigenvalue weighted by Crippen LogP contribution is -2.06. The Morgan fingerprint density at radius 3 is 2.52 bits per heavy atom. The summed E-state index contributed by atoms with van der Waals surface area (Å²) in [6.45, 7) is 2.09. The van der Waals surface area contributed by atoms with Crippen molar-refractivity contribution in [2.24, 2.45) is 0 Å². The molecule has 0 spiro atoms. The summed E-state index contributed by atoms with van der Waals surface area (Å²) in [6, 6.07) is 9.39. The van der Waals surface area contributed by atoms with E-state index in [4.69, 9.17) is 9.47 Å². The van der Waals surface area contributed by atoms with Gasteiger partial charge in [0.15, 0.2) is 0 Å². The number of aliphatic hydroxyl groups is 1. The first kappa shape index (κ1) is 15.3. The highest BCUT2D eigenvalue weighted by Gasteiger charge is 2.15. The number of benzene rings is 1. The Balaban J connectivity index is 2.20. The number of pyridine rings is 1. The van der Waals surface area contributed by atoms with Gasteiger partial charge in [-0.1, -0.05) is 13.0 Å². The molecule has 0 radical (unpaired) electrons. The average Bonchev–Trinajstić information content (AvgIpc) is 2.54. The Morgan fingerprint density at radius 2 is 1.95 bits per heavy atom. The van der Waals surface area contributed by atoms with Crippen molar-refractivity contribution in [2.45, 2.75) is 25.9 Å². The topological polar surface area (TPSA) is 51.6 Å². The van der Waals surface area contributed by atoms with Crippen LogP contribution < -0.4 is 9.47 Å². The lowest BCUT2D eigenvalue weighted by Gasteiger charge is -2.16. The quantitative estimate of drug-likeness (QED) is 0.887. The number of hydrogen-bond acceptors (Lipinski definition) is 4. The van der Waals surface area contributed by atoms with Crippen molar-refractivity contribution in [3.05, 3.63) is 53.3 Å². The SMILES string of the molecule is CCc1ccc(CC(O)c2cc(OC)ccc2OC)nc1. The van der Waals surface area contributed by atoms with Crippen LogP contribution in [-0.2, 0) is 12.8 Å². The molecule has 0 aliphatic rings. The third-order valence-corrected chi connectivity index (χ3v) is 3.49. The van der Waals surface area contributed by atoms with Gasteiger partial charge in [0.2, 0.25) is 0 Å². The van der Waals surface area contributed by atoms with Crippen molar-refractivity contribution in [3.8, 4) is 11.5 Å². The van der Waals surface area contributed by atoms with Gasteiger partial charge in [-0.2, -0.15) is 0 Å². The first-order chi connectivity index (χ1) is 10.2. The standard InChI is InChI=1S/C17H21NO3/c1-4-12-5-6-13(18-11-12)9-16(19)15-10-14(20-2)7-8-17(15)21-3/h5-8,10-11,16,19H,4,9H2,1-3H3. The van der Waals surface area contributed by atoms with Crippen LogP contribution in [0.1, 0.15) is 29.8 Å². The highest BCUT2D eigenvalue weighted by molar-refractivity contribution is 5.42. The van der Waals surface area contributed by atoms with Crippen LogP contribution in [0.4, 0.5) is 0 Å². The van der Waals surface area contributed by atoms with Gasteiger partial charge in [-0.3, -0.25) is 4.98 Å². The molecular weight excluding hydrogens is 266 g/mol. The van der Waals surface area contributed by atoms with E-state index in [-0.39, 0.29) is 0 Å². The molecule has 2 aromatic rings. The summed E-state index contributed by atoms with van der Waals surface area (Å²) < 4.78 is 10.5. The number of nitrogens with zero attached hydrogens (tertiary/aromatic N) is 1. The van der Waals surface area contributed by atoms with Crippen molar-refractivity contribution in [1.82, 2.24) is 4.98 Å². The van der Waals surface area contributed by atoms with Crippen LogP contribution in [0.5, 0.6) is 11.5 Å². The third kappa shape index (κ3) is 3.73. The van der Waals surface area contributed by atoms with E-state index in [1.54, 1.807) is 26.4 Å². The van der Waals surface area contributed by atoms with Gasteiger partial charge in [0, 0.05) is 23.9 Å². The van der Waals surface area contributed by atoms with E-state index in [1.807, 2.05) is 24.4 Å². The van der Waals surface area contributed by atoms with Crippen molar-refractivity contribution in [2.75, 3.05) is 14.2 Å². The van der Waals surface area contributed by atoms with E-state index in [2.05, 4.69) is 11.9 Å². The van der Waals surface area contributed by atoms with E-state index in [9.17, 15) is 5.11 Å². The smallest absolute Gasteiger partial charge is 0.124 e. The first-order valence-electron chi connectivity index (χ1n) is 7.01. The molecule has 4 heteroatoms. The number of aromatic nitrogens is 1. The number of rotatable bonds is 6. The second-order valence-electron chi connectivity index (χ2n) is 4.84. The van der Waals surface area contributed by atoms with Crippen molar-refractivity contribution >= 4 is 0 Å². The molecule has 0 aliphatic heterocycles. The van der Waals surface area contributed by atoms with Crippen molar-refractivity contribution in [1.29, 1.82) is 0 Å². The molecular formula is C17H21NO3. The van der Waals surface area contributed by atoms with E-state index >= 15 is 0 Å². The zero-order valence-electron chi connectivity index (χ0n) is 12.7. The maximum absolute atomic E-state index is 10.5. The number of ether oxygens (including phenoxy) is 2. The zero-order chi connectivity index (χ0) is 15.2. The lowest BCUT2D eigenvalue weighted by atomic mass is 10.0. The Morgan fingerprint density at radius 1 is 1.14 bits per heavy atom. The molecule has 0 amide bonds. The second-order valence-corrected chi connectivity index (χ2v) is 4.84. The van der Waals surface area contributed by atoms with Crippen LogP contribution in [0.15, 0.2) is 36.5 Å². The van der Waals surface area contributed by atoms with Gasteiger partial charge in [0.25, 0.3) is 0 Å². The highest BCUT2D eigenvalue weighted by Crippen LogP contribution is 2.30. The van der Waals surface area contributed by atoms with Crippen molar-refractivity contribution < 1.29 is 14.6 Å². The molecule has 1 N–H and O–H groups in total. The summed E-state index contributed by atoms with van der Waals surface area (Å²) >= 11 is 0. The largest absolute Gasteiger partial charge is 0.497 e. The molecule has 1 heterocycles. The molecule has 1 aromatic carbocycles. The Labute approximate surface area is 125 Å². The summed E-state index contributed by atoms with van der Waals surface area (Å²) in [5.74, 6) is 1.34. The maximum atomic E-state index is 10.5. The fourth-order valence-electron chi connectivity index (χ4n) is 2.19. The van der Waals surface area contributed by atoms with Crippen LogP contribution >= 0.6 is 0 Å². The summed E-state index contributed by atoms with van der Waals surface area (Å²) in [7, 11) is 3.19. The minimum atomic E-state index is -0.685. The summed E-state index contributed by atoms with van der Waals surface area (Å²) in [5.41, 5.74) is 2.75. The number of aliphatic hydroxyl groups excluding tert-OH is 1. The summed E-state index contributed by atoms with van der Waals surface area (Å²) in [6.07, 6.45) is 2.56. The molecule has 4 nitrogen and oxygen atoms in total. The van der Waals surface area contributed by atoms with E-state index in [0.29, 0.717) is 23.5 Å². The van der Waals surface area contributed by atoms with Crippen molar-refractivity contribution in [3.63, 3.8) is 0 Å². The maximum Gasteiger partial charge on any atom is 0.124 e. The average molecular weight is 287 g/mol. The molecule has 112 valence electrons. The van der Waals surface area contributed by atoms with Crippen LogP contribution in [0.2, 0.25) is 0 Å². The summed E-state index contributed by atoms with van der Waals surface area (Å²) in [4.78, 5) is 4.38. The van der Waals surface area contributed by atoms with Gasteiger partial charge in [0.1, 0.15) is 11.5 Å². The van der Waals surface area contributed by atoms with E-state index in [0.717, 1.165) is 12.1 Å². The molecule has 0 fully saturated rings. The van der Waals surface area contributed by atoms with Crippen LogP contribution in [0.25, 0.3) is 0 Å². The van der Waals surface area contributed by atoms with Crippen LogP contribution in [-0.4, -0.2) is 24.3 Å². The Hall–Kier alpha value is -2.07. The molecule has 21 heavy (non-hydrogen) atoms. The normalized spacial score (nSPS) is 12.0. The molecule has 2 rings (SSSR count). The van der Waals surface area contributed by atoms with Gasteiger partial charge in [-0.15, -0.1) is 0 Å². The Bertz CT molecular complexity index is 581. The highest BCUT2D eigenvalue weighted by atomic mass is 16.5. The fourth-order valence-corrected chi connectivity index (χ4v) is 2.19. The molecule has 1 unspecified atom stereocenters. The van der Waals surface area contributed by atoms with Gasteiger partial charge in [-0.05, 0) is 36.2 Å². The Kier molecular flexibility index (Phi) is 5.17. The molecule has 0 aliphatic carbocycles. The lowest BCUT2D eigenvalue weighted by molar-refractivity contribution is 0.172. The van der Waals surface area contributed by atoms with Crippen LogP contribution in [0, 0.1) is 0 Å². The van der Waals surface area contributed by atoms with E-state index in [1.165, 1.54) is 5.56 Å².